The van der Waals surface area contributed by atoms with Crippen LogP contribution in [0.2, 0.25) is 0 Å². The van der Waals surface area contributed by atoms with Crippen LogP contribution in [0.4, 0.5) is 10.1 Å². The second kappa shape index (κ2) is 4.12. The summed E-state index contributed by atoms with van der Waals surface area (Å²) in [6.07, 6.45) is 1.57. The minimum atomic E-state index is -0.761. The largest absolute Gasteiger partial charge is 0.481 e. The lowest BCUT2D eigenvalue weighted by molar-refractivity contribution is -0.144. The van der Waals surface area contributed by atoms with Crippen LogP contribution < -0.4 is 5.32 Å². The Morgan fingerprint density at radius 3 is 2.75 bits per heavy atom. The molecule has 2 atom stereocenters. The van der Waals surface area contributed by atoms with Gasteiger partial charge in [-0.2, -0.15) is 0 Å². The second-order valence-corrected chi connectivity index (χ2v) is 4.24. The molecule has 0 aliphatic heterocycles. The third-order valence-corrected chi connectivity index (χ3v) is 3.10. The molecular weight excluding hydrogens is 209 g/mol. The van der Waals surface area contributed by atoms with Crippen LogP contribution in [0.1, 0.15) is 18.4 Å². The number of carboxylic acid groups (broad SMARTS) is 1. The number of hydrogen-bond acceptors (Lipinski definition) is 2. The van der Waals surface area contributed by atoms with Gasteiger partial charge in [0.1, 0.15) is 5.82 Å². The number of hydrogen-bond donors (Lipinski definition) is 2. The fourth-order valence-corrected chi connectivity index (χ4v) is 1.92. The molecule has 2 rings (SSSR count). The van der Waals surface area contributed by atoms with E-state index in [-0.39, 0.29) is 17.8 Å². The fraction of sp³-hybridized carbons (Fsp3) is 0.417. The van der Waals surface area contributed by atoms with Crippen molar-refractivity contribution in [2.75, 3.05) is 5.32 Å². The SMILES string of the molecule is Cc1cc(NC2CCC2C(=O)O)ccc1F. The van der Waals surface area contributed by atoms with Gasteiger partial charge >= 0.3 is 5.97 Å². The van der Waals surface area contributed by atoms with Crippen LogP contribution in [0, 0.1) is 18.7 Å². The van der Waals surface area contributed by atoms with E-state index in [1.807, 2.05) is 0 Å². The van der Waals surface area contributed by atoms with E-state index in [0.29, 0.717) is 12.0 Å². The minimum absolute atomic E-state index is 0.0256. The summed E-state index contributed by atoms with van der Waals surface area (Å²) in [6, 6.07) is 4.71. The minimum Gasteiger partial charge on any atom is -0.481 e. The lowest BCUT2D eigenvalue weighted by Crippen LogP contribution is -2.42. The monoisotopic (exact) mass is 223 g/mol. The number of rotatable bonds is 3. The molecule has 1 aliphatic carbocycles. The molecule has 16 heavy (non-hydrogen) atoms. The number of carbonyl (C=O) groups is 1. The van der Waals surface area contributed by atoms with Crippen molar-refractivity contribution in [3.63, 3.8) is 0 Å². The molecule has 1 aliphatic rings. The van der Waals surface area contributed by atoms with Gasteiger partial charge in [0.2, 0.25) is 0 Å². The summed E-state index contributed by atoms with van der Waals surface area (Å²) in [5.74, 6) is -1.32. The number of benzene rings is 1. The summed E-state index contributed by atoms with van der Waals surface area (Å²) in [5, 5.41) is 12.0. The fourth-order valence-electron chi connectivity index (χ4n) is 1.92. The Morgan fingerprint density at radius 1 is 1.50 bits per heavy atom. The van der Waals surface area contributed by atoms with Crippen LogP contribution in [0.15, 0.2) is 18.2 Å². The molecule has 0 heterocycles. The first kappa shape index (κ1) is 10.9. The molecule has 0 aromatic heterocycles. The Balaban J connectivity index is 2.04. The van der Waals surface area contributed by atoms with E-state index in [2.05, 4.69) is 5.32 Å². The van der Waals surface area contributed by atoms with E-state index in [4.69, 9.17) is 5.11 Å². The smallest absolute Gasteiger partial charge is 0.308 e. The predicted octanol–water partition coefficient (Wildman–Crippen LogP) is 2.41. The van der Waals surface area contributed by atoms with Crippen molar-refractivity contribution >= 4 is 11.7 Å². The van der Waals surface area contributed by atoms with Crippen LogP contribution in [0.5, 0.6) is 0 Å². The first-order valence-electron chi connectivity index (χ1n) is 5.33. The van der Waals surface area contributed by atoms with Crippen LogP contribution >= 0.6 is 0 Å². The number of halogens is 1. The molecule has 3 nitrogen and oxygen atoms in total. The zero-order chi connectivity index (χ0) is 11.7. The lowest BCUT2D eigenvalue weighted by atomic mass is 9.79. The lowest BCUT2D eigenvalue weighted by Gasteiger charge is -2.34. The van der Waals surface area contributed by atoms with Crippen molar-refractivity contribution in [2.45, 2.75) is 25.8 Å². The maximum Gasteiger partial charge on any atom is 0.308 e. The summed E-state index contributed by atoms with van der Waals surface area (Å²) in [6.45, 7) is 1.69. The summed E-state index contributed by atoms with van der Waals surface area (Å²) in [5.41, 5.74) is 1.35. The summed E-state index contributed by atoms with van der Waals surface area (Å²) < 4.78 is 13.0. The molecule has 4 heteroatoms. The molecule has 0 amide bonds. The van der Waals surface area contributed by atoms with Gasteiger partial charge in [-0.05, 0) is 43.5 Å². The number of aryl methyl sites for hydroxylation is 1. The van der Waals surface area contributed by atoms with Crippen molar-refractivity contribution in [2.24, 2.45) is 5.92 Å². The van der Waals surface area contributed by atoms with Gasteiger partial charge in [0.15, 0.2) is 0 Å². The van der Waals surface area contributed by atoms with E-state index in [0.717, 1.165) is 12.1 Å². The highest BCUT2D eigenvalue weighted by molar-refractivity contribution is 5.73. The molecule has 1 aromatic carbocycles. The molecule has 86 valence electrons. The highest BCUT2D eigenvalue weighted by Crippen LogP contribution is 2.30. The van der Waals surface area contributed by atoms with Gasteiger partial charge in [-0.3, -0.25) is 4.79 Å². The average Bonchev–Trinajstić information content (AvgIpc) is 2.17. The van der Waals surface area contributed by atoms with E-state index in [1.54, 1.807) is 19.1 Å². The van der Waals surface area contributed by atoms with Crippen LogP contribution in [0.25, 0.3) is 0 Å². The summed E-state index contributed by atoms with van der Waals surface area (Å²) in [4.78, 5) is 10.8. The topological polar surface area (TPSA) is 49.3 Å². The third-order valence-electron chi connectivity index (χ3n) is 3.10. The molecule has 1 saturated carbocycles. The number of aliphatic carboxylic acids is 1. The molecule has 0 saturated heterocycles. The van der Waals surface area contributed by atoms with Crippen molar-refractivity contribution in [3.05, 3.63) is 29.6 Å². The Morgan fingerprint density at radius 2 is 2.25 bits per heavy atom. The Hall–Kier alpha value is -1.58. The van der Waals surface area contributed by atoms with E-state index < -0.39 is 5.97 Å². The normalized spacial score (nSPS) is 23.6. The standard InChI is InChI=1S/C12H14FNO2/c1-7-6-8(2-4-10(7)13)14-11-5-3-9(11)12(15)16/h2,4,6,9,11,14H,3,5H2,1H3,(H,15,16). The first-order chi connectivity index (χ1) is 7.58. The van der Waals surface area contributed by atoms with Gasteiger partial charge in [0, 0.05) is 11.7 Å². The van der Waals surface area contributed by atoms with Crippen LogP contribution in [-0.2, 0) is 4.79 Å². The van der Waals surface area contributed by atoms with Crippen molar-refractivity contribution in [1.82, 2.24) is 0 Å². The van der Waals surface area contributed by atoms with E-state index in [1.165, 1.54) is 6.07 Å². The number of carboxylic acids is 1. The predicted molar refractivity (Wildman–Crippen MR) is 58.9 cm³/mol. The molecule has 0 bridgehead atoms. The van der Waals surface area contributed by atoms with Crippen LogP contribution in [0.3, 0.4) is 0 Å². The second-order valence-electron chi connectivity index (χ2n) is 4.24. The van der Waals surface area contributed by atoms with Gasteiger partial charge in [0.05, 0.1) is 5.92 Å². The van der Waals surface area contributed by atoms with Crippen LogP contribution in [-0.4, -0.2) is 17.1 Å². The Kier molecular flexibility index (Phi) is 2.81. The van der Waals surface area contributed by atoms with Gasteiger partial charge < -0.3 is 10.4 Å². The molecule has 0 radical (unpaired) electrons. The van der Waals surface area contributed by atoms with Crippen molar-refractivity contribution in [1.29, 1.82) is 0 Å². The van der Waals surface area contributed by atoms with E-state index in [9.17, 15) is 9.18 Å². The number of anilines is 1. The Bertz CT molecular complexity index is 419. The maximum atomic E-state index is 13.0. The highest BCUT2D eigenvalue weighted by Gasteiger charge is 2.36. The number of nitrogens with one attached hydrogen (secondary N) is 1. The quantitative estimate of drug-likeness (QED) is 0.827. The van der Waals surface area contributed by atoms with Gasteiger partial charge in [-0.1, -0.05) is 0 Å². The van der Waals surface area contributed by atoms with Gasteiger partial charge in [-0.25, -0.2) is 4.39 Å². The van der Waals surface area contributed by atoms with Crippen molar-refractivity contribution in [3.8, 4) is 0 Å². The van der Waals surface area contributed by atoms with E-state index >= 15 is 0 Å². The van der Waals surface area contributed by atoms with Gasteiger partial charge in [0.25, 0.3) is 0 Å². The molecular formula is C12H14FNO2. The molecule has 0 spiro atoms. The van der Waals surface area contributed by atoms with Gasteiger partial charge in [-0.15, -0.1) is 0 Å². The Labute approximate surface area is 93.3 Å². The highest BCUT2D eigenvalue weighted by atomic mass is 19.1. The van der Waals surface area contributed by atoms with Crippen molar-refractivity contribution < 1.29 is 14.3 Å². The molecule has 2 unspecified atom stereocenters. The maximum absolute atomic E-state index is 13.0. The third kappa shape index (κ3) is 2.01. The average molecular weight is 223 g/mol. The molecule has 2 N–H and O–H groups in total. The zero-order valence-electron chi connectivity index (χ0n) is 9.03. The summed E-state index contributed by atoms with van der Waals surface area (Å²) in [7, 11) is 0. The summed E-state index contributed by atoms with van der Waals surface area (Å²) >= 11 is 0. The molecule has 1 aromatic rings. The molecule has 1 fully saturated rings. The first-order valence-corrected chi connectivity index (χ1v) is 5.33. The zero-order valence-corrected chi connectivity index (χ0v) is 9.03.